The van der Waals surface area contributed by atoms with Gasteiger partial charge in [-0.3, -0.25) is 4.68 Å². The molecule has 1 unspecified atom stereocenters. The van der Waals surface area contributed by atoms with Crippen LogP contribution in [-0.2, 0) is 23.3 Å². The Morgan fingerprint density at radius 1 is 1.50 bits per heavy atom. The molecule has 1 fully saturated rings. The molecule has 100 valence electrons. The van der Waals surface area contributed by atoms with Gasteiger partial charge in [0, 0.05) is 20.1 Å². The van der Waals surface area contributed by atoms with Gasteiger partial charge >= 0.3 is 0 Å². The van der Waals surface area contributed by atoms with Gasteiger partial charge in [-0.1, -0.05) is 6.92 Å². The fourth-order valence-corrected chi connectivity index (χ4v) is 4.41. The van der Waals surface area contributed by atoms with Crippen molar-refractivity contribution in [2.75, 3.05) is 34.8 Å². The summed E-state index contributed by atoms with van der Waals surface area (Å²) in [4.78, 5) is 2.19. The van der Waals surface area contributed by atoms with Crippen molar-refractivity contribution in [1.82, 2.24) is 9.78 Å². The van der Waals surface area contributed by atoms with E-state index in [1.807, 2.05) is 11.7 Å². The highest BCUT2D eigenvalue weighted by atomic mass is 32.2. The van der Waals surface area contributed by atoms with Gasteiger partial charge in [0.05, 0.1) is 23.2 Å². The lowest BCUT2D eigenvalue weighted by atomic mass is 10.1. The smallest absolute Gasteiger partial charge is 0.154 e. The lowest BCUT2D eigenvalue weighted by molar-refractivity contribution is 0.551. The van der Waals surface area contributed by atoms with Gasteiger partial charge in [-0.25, -0.2) is 8.42 Å². The second-order valence-electron chi connectivity index (χ2n) is 4.96. The minimum absolute atomic E-state index is 0.0383. The van der Waals surface area contributed by atoms with E-state index in [0.717, 1.165) is 23.6 Å². The quantitative estimate of drug-likeness (QED) is 0.779. The van der Waals surface area contributed by atoms with Crippen LogP contribution in [0.5, 0.6) is 0 Å². The molecule has 0 bridgehead atoms. The van der Waals surface area contributed by atoms with E-state index < -0.39 is 9.84 Å². The van der Waals surface area contributed by atoms with Gasteiger partial charge in [-0.15, -0.1) is 0 Å². The van der Waals surface area contributed by atoms with Crippen LogP contribution < -0.4 is 10.2 Å². The van der Waals surface area contributed by atoms with Crippen molar-refractivity contribution in [2.24, 2.45) is 7.05 Å². The van der Waals surface area contributed by atoms with E-state index in [-0.39, 0.29) is 17.5 Å². The van der Waals surface area contributed by atoms with Crippen molar-refractivity contribution in [3.63, 3.8) is 0 Å². The second-order valence-corrected chi connectivity index (χ2v) is 7.19. The molecule has 0 saturated carbocycles. The van der Waals surface area contributed by atoms with Crippen molar-refractivity contribution in [3.05, 3.63) is 5.69 Å². The number of nitrogens with one attached hydrogen (secondary N) is 1. The highest BCUT2D eigenvalue weighted by molar-refractivity contribution is 7.91. The van der Waals surface area contributed by atoms with E-state index in [1.165, 1.54) is 0 Å². The second kappa shape index (κ2) is 3.88. The summed E-state index contributed by atoms with van der Waals surface area (Å²) in [6, 6.07) is 0.0383. The maximum atomic E-state index is 11.7. The third-order valence-corrected chi connectivity index (χ3v) is 5.44. The first-order valence-corrected chi connectivity index (χ1v) is 8.11. The lowest BCUT2D eigenvalue weighted by Gasteiger charge is -2.40. The van der Waals surface area contributed by atoms with Gasteiger partial charge in [0.25, 0.3) is 0 Å². The van der Waals surface area contributed by atoms with Crippen LogP contribution in [0.4, 0.5) is 11.5 Å². The maximum Gasteiger partial charge on any atom is 0.154 e. The van der Waals surface area contributed by atoms with Crippen molar-refractivity contribution >= 4 is 21.3 Å². The molecule has 1 aromatic heterocycles. The molecule has 2 aliphatic heterocycles. The molecule has 0 aliphatic carbocycles. The zero-order chi connectivity index (χ0) is 12.9. The van der Waals surface area contributed by atoms with Crippen LogP contribution in [0.3, 0.4) is 0 Å². The molecule has 0 spiro atoms. The van der Waals surface area contributed by atoms with Gasteiger partial charge in [-0.2, -0.15) is 5.10 Å². The molecule has 18 heavy (non-hydrogen) atoms. The summed E-state index contributed by atoms with van der Waals surface area (Å²) in [5.41, 5.74) is 2.13. The molecular formula is C11H18N4O2S. The summed E-state index contributed by atoms with van der Waals surface area (Å²) in [5.74, 6) is 1.53. The Hall–Kier alpha value is -1.24. The number of rotatable bonds is 1. The molecule has 0 radical (unpaired) electrons. The largest absolute Gasteiger partial charge is 0.378 e. The average Bonchev–Trinajstić information content (AvgIpc) is 2.65. The molecule has 7 heteroatoms. The lowest BCUT2D eigenvalue weighted by Crippen LogP contribution is -2.54. The van der Waals surface area contributed by atoms with E-state index in [0.29, 0.717) is 13.1 Å². The number of nitrogens with zero attached hydrogens (tertiary/aromatic N) is 3. The number of aryl methyl sites for hydroxylation is 2. The third kappa shape index (κ3) is 1.68. The Labute approximate surface area is 107 Å². The van der Waals surface area contributed by atoms with Gasteiger partial charge in [0.1, 0.15) is 5.69 Å². The molecule has 1 saturated heterocycles. The SMILES string of the molecule is CCc1nn(C)c2c1NCC1CS(=O)(=O)CCN21. The minimum atomic E-state index is -2.88. The van der Waals surface area contributed by atoms with Crippen LogP contribution in [0.15, 0.2) is 0 Å². The first-order valence-electron chi connectivity index (χ1n) is 6.28. The summed E-state index contributed by atoms with van der Waals surface area (Å²) < 4.78 is 25.2. The normalized spacial score (nSPS) is 25.2. The van der Waals surface area contributed by atoms with Gasteiger partial charge in [0.15, 0.2) is 15.7 Å². The van der Waals surface area contributed by atoms with E-state index in [4.69, 9.17) is 0 Å². The van der Waals surface area contributed by atoms with Crippen molar-refractivity contribution < 1.29 is 8.42 Å². The molecule has 0 amide bonds. The summed E-state index contributed by atoms with van der Waals surface area (Å²) in [5, 5.41) is 7.85. The number of aromatic nitrogens is 2. The molecule has 1 atom stereocenters. The molecule has 2 aliphatic rings. The molecule has 3 heterocycles. The molecule has 0 aromatic carbocycles. The van der Waals surface area contributed by atoms with Crippen LogP contribution in [-0.4, -0.2) is 48.8 Å². The molecule has 6 nitrogen and oxygen atoms in total. The summed E-state index contributed by atoms with van der Waals surface area (Å²) in [6.07, 6.45) is 0.882. The van der Waals surface area contributed by atoms with Gasteiger partial charge in [-0.05, 0) is 6.42 Å². The minimum Gasteiger partial charge on any atom is -0.378 e. The first-order chi connectivity index (χ1) is 8.52. The van der Waals surface area contributed by atoms with Crippen LogP contribution in [0, 0.1) is 0 Å². The van der Waals surface area contributed by atoms with E-state index in [1.54, 1.807) is 0 Å². The third-order valence-electron chi connectivity index (χ3n) is 3.74. The fourth-order valence-electron chi connectivity index (χ4n) is 2.88. The Bertz CT molecular complexity index is 578. The van der Waals surface area contributed by atoms with Crippen LogP contribution in [0.1, 0.15) is 12.6 Å². The van der Waals surface area contributed by atoms with Crippen LogP contribution in [0.2, 0.25) is 0 Å². The number of sulfone groups is 1. The molecule has 1 N–H and O–H groups in total. The van der Waals surface area contributed by atoms with Crippen LogP contribution in [0.25, 0.3) is 0 Å². The summed E-state index contributed by atoms with van der Waals surface area (Å²) in [7, 11) is -0.957. The van der Waals surface area contributed by atoms with Crippen molar-refractivity contribution in [2.45, 2.75) is 19.4 Å². The number of hydrogen-bond acceptors (Lipinski definition) is 5. The Morgan fingerprint density at radius 2 is 2.28 bits per heavy atom. The predicted octanol–water partition coefficient (Wildman–Crippen LogP) is 0.0114. The molecule has 1 aromatic rings. The topological polar surface area (TPSA) is 67.2 Å². The summed E-state index contributed by atoms with van der Waals surface area (Å²) >= 11 is 0. The highest BCUT2D eigenvalue weighted by Gasteiger charge is 2.37. The Morgan fingerprint density at radius 3 is 3.00 bits per heavy atom. The Balaban J connectivity index is 2.02. The summed E-state index contributed by atoms with van der Waals surface area (Å²) in [6.45, 7) is 3.34. The Kier molecular flexibility index (Phi) is 2.55. The monoisotopic (exact) mass is 270 g/mol. The van der Waals surface area contributed by atoms with Gasteiger partial charge in [0.2, 0.25) is 0 Å². The van der Waals surface area contributed by atoms with Crippen molar-refractivity contribution in [1.29, 1.82) is 0 Å². The van der Waals surface area contributed by atoms with E-state index in [2.05, 4.69) is 22.2 Å². The van der Waals surface area contributed by atoms with E-state index >= 15 is 0 Å². The highest BCUT2D eigenvalue weighted by Crippen LogP contribution is 2.35. The first kappa shape index (κ1) is 11.8. The number of anilines is 2. The number of fused-ring (bicyclic) bond motifs is 3. The fraction of sp³-hybridized carbons (Fsp3) is 0.727. The zero-order valence-corrected chi connectivity index (χ0v) is 11.5. The van der Waals surface area contributed by atoms with Gasteiger partial charge < -0.3 is 10.2 Å². The number of hydrogen-bond donors (Lipinski definition) is 1. The average molecular weight is 270 g/mol. The zero-order valence-electron chi connectivity index (χ0n) is 10.7. The van der Waals surface area contributed by atoms with E-state index in [9.17, 15) is 8.42 Å². The molecular weight excluding hydrogens is 252 g/mol. The van der Waals surface area contributed by atoms with Crippen molar-refractivity contribution in [3.8, 4) is 0 Å². The van der Waals surface area contributed by atoms with Crippen LogP contribution >= 0.6 is 0 Å². The molecule has 3 rings (SSSR count). The maximum absolute atomic E-state index is 11.7. The predicted molar refractivity (Wildman–Crippen MR) is 70.9 cm³/mol. The standard InChI is InChI=1S/C11H18N4O2S/c1-3-9-10-11(14(2)13-9)15-4-5-18(16,17)7-8(15)6-12-10/h8,12H,3-7H2,1-2H3.